The number of rotatable bonds is 3. The van der Waals surface area contributed by atoms with Crippen molar-refractivity contribution < 1.29 is 9.59 Å². The fraction of sp³-hybridized carbons (Fsp3) is 0.667. The molecule has 1 aliphatic heterocycles. The van der Waals surface area contributed by atoms with Crippen LogP contribution in [-0.4, -0.2) is 29.8 Å². The van der Waals surface area contributed by atoms with Gasteiger partial charge in [-0.2, -0.15) is 0 Å². The fourth-order valence-electron chi connectivity index (χ4n) is 3.69. The number of piperidine rings is 1. The lowest BCUT2D eigenvalue weighted by Crippen LogP contribution is -2.36. The van der Waals surface area contributed by atoms with Gasteiger partial charge in [0.25, 0.3) is 5.91 Å². The van der Waals surface area contributed by atoms with Gasteiger partial charge in [-0.1, -0.05) is 0 Å². The van der Waals surface area contributed by atoms with E-state index < -0.39 is 0 Å². The molecule has 0 radical (unpaired) electrons. The van der Waals surface area contributed by atoms with E-state index in [0.717, 1.165) is 68.6 Å². The molecule has 2 aliphatic carbocycles. The molecule has 2 fully saturated rings. The second-order valence-electron chi connectivity index (χ2n) is 7.03. The van der Waals surface area contributed by atoms with Gasteiger partial charge in [-0.05, 0) is 63.4 Å². The second kappa shape index (κ2) is 6.27. The average molecular weight is 332 g/mol. The van der Waals surface area contributed by atoms with E-state index in [4.69, 9.17) is 0 Å². The molecule has 23 heavy (non-hydrogen) atoms. The lowest BCUT2D eigenvalue weighted by Gasteiger charge is -2.27. The van der Waals surface area contributed by atoms with Crippen LogP contribution in [0.2, 0.25) is 0 Å². The van der Waals surface area contributed by atoms with Gasteiger partial charge in [0.15, 0.2) is 0 Å². The van der Waals surface area contributed by atoms with Crippen LogP contribution in [0, 0.1) is 5.92 Å². The van der Waals surface area contributed by atoms with Crippen LogP contribution in [0.1, 0.15) is 65.7 Å². The van der Waals surface area contributed by atoms with Crippen molar-refractivity contribution in [2.45, 2.75) is 57.8 Å². The maximum atomic E-state index is 13.1. The topological polar surface area (TPSA) is 49.4 Å². The second-order valence-corrected chi connectivity index (χ2v) is 8.14. The number of anilines is 1. The molecule has 2 heterocycles. The highest BCUT2D eigenvalue weighted by Gasteiger charge is 2.33. The molecule has 0 spiro atoms. The third-order valence-electron chi connectivity index (χ3n) is 5.21. The van der Waals surface area contributed by atoms with E-state index in [2.05, 4.69) is 5.32 Å². The SMILES string of the molecule is O=C(Nc1sc2c(c1C(=O)N1CCCCC1)CCCC2)C1CC1. The van der Waals surface area contributed by atoms with E-state index in [1.807, 2.05) is 4.90 Å². The molecule has 3 aliphatic rings. The Bertz CT molecular complexity index is 627. The smallest absolute Gasteiger partial charge is 0.257 e. The number of nitrogens with one attached hydrogen (secondary N) is 1. The van der Waals surface area contributed by atoms with E-state index in [-0.39, 0.29) is 17.7 Å². The van der Waals surface area contributed by atoms with Crippen LogP contribution >= 0.6 is 11.3 Å². The van der Waals surface area contributed by atoms with Crippen LogP contribution in [0.5, 0.6) is 0 Å². The highest BCUT2D eigenvalue weighted by atomic mass is 32.1. The Hall–Kier alpha value is -1.36. The van der Waals surface area contributed by atoms with Crippen molar-refractivity contribution in [3.05, 3.63) is 16.0 Å². The first-order chi connectivity index (χ1) is 11.2. The largest absolute Gasteiger partial charge is 0.339 e. The molecule has 0 aromatic carbocycles. The molecule has 1 saturated heterocycles. The summed E-state index contributed by atoms with van der Waals surface area (Å²) in [6.45, 7) is 1.72. The molecule has 4 rings (SSSR count). The number of aryl methyl sites for hydroxylation is 1. The van der Waals surface area contributed by atoms with Crippen LogP contribution < -0.4 is 5.32 Å². The third kappa shape index (κ3) is 3.03. The number of likely N-dealkylation sites (tertiary alicyclic amines) is 1. The van der Waals surface area contributed by atoms with E-state index in [0.29, 0.717) is 0 Å². The van der Waals surface area contributed by atoms with Gasteiger partial charge in [0.2, 0.25) is 5.91 Å². The predicted octanol–water partition coefficient (Wildman–Crippen LogP) is 3.60. The lowest BCUT2D eigenvalue weighted by molar-refractivity contribution is -0.117. The molecule has 2 amide bonds. The first-order valence-corrected chi connectivity index (χ1v) is 9.80. The summed E-state index contributed by atoms with van der Waals surface area (Å²) in [5.41, 5.74) is 2.04. The van der Waals surface area contributed by atoms with Gasteiger partial charge in [-0.3, -0.25) is 9.59 Å². The number of thiophene rings is 1. The molecule has 4 nitrogen and oxygen atoms in total. The summed E-state index contributed by atoms with van der Waals surface area (Å²) in [6, 6.07) is 0. The predicted molar refractivity (Wildman–Crippen MR) is 92.1 cm³/mol. The van der Waals surface area contributed by atoms with Crippen molar-refractivity contribution in [2.24, 2.45) is 5.92 Å². The van der Waals surface area contributed by atoms with E-state index in [1.54, 1.807) is 11.3 Å². The van der Waals surface area contributed by atoms with E-state index >= 15 is 0 Å². The van der Waals surface area contributed by atoms with Crippen LogP contribution in [0.15, 0.2) is 0 Å². The summed E-state index contributed by atoms with van der Waals surface area (Å²) in [5.74, 6) is 0.429. The summed E-state index contributed by atoms with van der Waals surface area (Å²) in [4.78, 5) is 28.6. The number of hydrogen-bond acceptors (Lipinski definition) is 3. The highest BCUT2D eigenvalue weighted by Crippen LogP contribution is 2.40. The quantitative estimate of drug-likeness (QED) is 0.919. The molecular weight excluding hydrogens is 308 g/mol. The Morgan fingerprint density at radius 2 is 1.74 bits per heavy atom. The Morgan fingerprint density at radius 1 is 1.00 bits per heavy atom. The zero-order chi connectivity index (χ0) is 15.8. The van der Waals surface area contributed by atoms with Crippen LogP contribution in [0.3, 0.4) is 0 Å². The molecule has 5 heteroatoms. The van der Waals surface area contributed by atoms with Gasteiger partial charge in [-0.25, -0.2) is 0 Å². The minimum Gasteiger partial charge on any atom is -0.339 e. The number of carbonyl (C=O) groups is 2. The van der Waals surface area contributed by atoms with Crippen LogP contribution in [0.4, 0.5) is 5.00 Å². The first kappa shape index (κ1) is 15.2. The van der Waals surface area contributed by atoms with Gasteiger partial charge in [0.05, 0.1) is 5.56 Å². The molecule has 0 atom stereocenters. The standard InChI is InChI=1S/C18H24N2O2S/c21-16(12-8-9-12)19-17-15(13-6-2-3-7-14(13)23-17)18(22)20-10-4-1-5-11-20/h12H,1-11H2,(H,19,21). The van der Waals surface area contributed by atoms with Crippen molar-refractivity contribution in [3.8, 4) is 0 Å². The Kier molecular flexibility index (Phi) is 4.14. The zero-order valence-corrected chi connectivity index (χ0v) is 14.3. The van der Waals surface area contributed by atoms with Gasteiger partial charge in [0, 0.05) is 23.9 Å². The minimum absolute atomic E-state index is 0.108. The number of nitrogens with zero attached hydrogens (tertiary/aromatic N) is 1. The Labute approximate surface area is 141 Å². The zero-order valence-electron chi connectivity index (χ0n) is 13.5. The minimum atomic E-state index is 0.108. The lowest BCUT2D eigenvalue weighted by atomic mass is 9.94. The number of fused-ring (bicyclic) bond motifs is 1. The Balaban J connectivity index is 1.65. The number of amides is 2. The van der Waals surface area contributed by atoms with Crippen molar-refractivity contribution >= 4 is 28.2 Å². The molecule has 1 aromatic rings. The van der Waals surface area contributed by atoms with E-state index in [9.17, 15) is 9.59 Å². The molecule has 1 N–H and O–H groups in total. The van der Waals surface area contributed by atoms with Gasteiger partial charge < -0.3 is 10.2 Å². The summed E-state index contributed by atoms with van der Waals surface area (Å²) in [5, 5.41) is 3.91. The normalized spacial score (nSPS) is 21.0. The summed E-state index contributed by atoms with van der Waals surface area (Å²) < 4.78 is 0. The van der Waals surface area contributed by atoms with Gasteiger partial charge >= 0.3 is 0 Å². The molecular formula is C18H24N2O2S. The average Bonchev–Trinajstić information content (AvgIpc) is 3.37. The van der Waals surface area contributed by atoms with Crippen molar-refractivity contribution in [1.29, 1.82) is 0 Å². The van der Waals surface area contributed by atoms with E-state index in [1.165, 1.54) is 23.3 Å². The third-order valence-corrected chi connectivity index (χ3v) is 6.42. The molecule has 1 aromatic heterocycles. The van der Waals surface area contributed by atoms with Crippen molar-refractivity contribution in [1.82, 2.24) is 4.90 Å². The van der Waals surface area contributed by atoms with Gasteiger partial charge in [-0.15, -0.1) is 11.3 Å². The van der Waals surface area contributed by atoms with Gasteiger partial charge in [0.1, 0.15) is 5.00 Å². The molecule has 124 valence electrons. The monoisotopic (exact) mass is 332 g/mol. The number of carbonyl (C=O) groups excluding carboxylic acids is 2. The fourth-order valence-corrected chi connectivity index (χ4v) is 4.98. The highest BCUT2D eigenvalue weighted by molar-refractivity contribution is 7.17. The number of hydrogen-bond donors (Lipinski definition) is 1. The molecule has 0 bridgehead atoms. The van der Waals surface area contributed by atoms with Crippen LogP contribution in [-0.2, 0) is 17.6 Å². The first-order valence-electron chi connectivity index (χ1n) is 8.98. The maximum absolute atomic E-state index is 13.1. The Morgan fingerprint density at radius 3 is 2.48 bits per heavy atom. The van der Waals surface area contributed by atoms with Crippen LogP contribution in [0.25, 0.3) is 0 Å². The maximum Gasteiger partial charge on any atom is 0.257 e. The summed E-state index contributed by atoms with van der Waals surface area (Å²) in [6.07, 6.45) is 9.79. The molecule has 0 unspecified atom stereocenters. The van der Waals surface area contributed by atoms with Crippen molar-refractivity contribution in [3.63, 3.8) is 0 Å². The van der Waals surface area contributed by atoms with Crippen molar-refractivity contribution in [2.75, 3.05) is 18.4 Å². The summed E-state index contributed by atoms with van der Waals surface area (Å²) >= 11 is 1.65. The molecule has 1 saturated carbocycles. The summed E-state index contributed by atoms with van der Waals surface area (Å²) in [7, 11) is 0.